The van der Waals surface area contributed by atoms with E-state index in [1.807, 2.05) is 24.3 Å². The molecule has 3 rings (SSSR count). The van der Waals surface area contributed by atoms with Gasteiger partial charge in [-0.2, -0.15) is 5.10 Å². The maximum atomic E-state index is 12.0. The maximum Gasteiger partial charge on any atom is 0.278 e. The van der Waals surface area contributed by atoms with Crippen molar-refractivity contribution in [3.05, 3.63) is 76.0 Å². The molecule has 0 aliphatic rings. The molecule has 0 aliphatic carbocycles. The SMILES string of the molecule is O=C(Cc1c[nH]c2ccccc12)NN=Cc1ccccc1[N+](=O)[O-]. The van der Waals surface area contributed by atoms with Crippen LogP contribution in [-0.2, 0) is 11.2 Å². The molecule has 1 amide bonds. The molecule has 2 N–H and O–H groups in total. The van der Waals surface area contributed by atoms with Gasteiger partial charge in [0.05, 0.1) is 23.1 Å². The van der Waals surface area contributed by atoms with Crippen LogP contribution in [-0.4, -0.2) is 22.0 Å². The third-order valence-corrected chi connectivity index (χ3v) is 3.55. The first-order valence-electron chi connectivity index (χ1n) is 7.25. The van der Waals surface area contributed by atoms with Crippen molar-refractivity contribution in [3.8, 4) is 0 Å². The van der Waals surface area contributed by atoms with E-state index >= 15 is 0 Å². The second kappa shape index (κ2) is 6.74. The Kier molecular flexibility index (Phi) is 4.33. The number of carbonyl (C=O) groups excluding carboxylic acids is 1. The highest BCUT2D eigenvalue weighted by Crippen LogP contribution is 2.18. The lowest BCUT2D eigenvalue weighted by atomic mass is 10.1. The van der Waals surface area contributed by atoms with Crippen LogP contribution >= 0.6 is 0 Å². The fourth-order valence-corrected chi connectivity index (χ4v) is 2.43. The van der Waals surface area contributed by atoms with Crippen LogP contribution in [0.4, 0.5) is 5.69 Å². The van der Waals surface area contributed by atoms with Crippen LogP contribution in [0.2, 0.25) is 0 Å². The number of aromatic amines is 1. The molecule has 3 aromatic rings. The highest BCUT2D eigenvalue weighted by atomic mass is 16.6. The third kappa shape index (κ3) is 3.30. The Labute approximate surface area is 137 Å². The normalized spacial score (nSPS) is 11.0. The standard InChI is InChI=1S/C17H14N4O3/c22-17(9-13-10-18-15-7-3-2-6-14(13)15)20-19-11-12-5-1-4-8-16(12)21(23)24/h1-8,10-11,18H,9H2,(H,20,22). The number of nitrogens with one attached hydrogen (secondary N) is 2. The minimum absolute atomic E-state index is 0.0628. The summed E-state index contributed by atoms with van der Waals surface area (Å²) in [6, 6.07) is 13.9. The predicted octanol–water partition coefficient (Wildman–Crippen LogP) is 2.77. The van der Waals surface area contributed by atoms with Crippen molar-refractivity contribution in [1.29, 1.82) is 0 Å². The Morgan fingerprint density at radius 3 is 2.79 bits per heavy atom. The molecular weight excluding hydrogens is 308 g/mol. The van der Waals surface area contributed by atoms with Crippen LogP contribution in [0.15, 0.2) is 59.8 Å². The van der Waals surface area contributed by atoms with Crippen LogP contribution in [0.5, 0.6) is 0 Å². The molecule has 0 atom stereocenters. The van der Waals surface area contributed by atoms with Crippen molar-refractivity contribution in [2.45, 2.75) is 6.42 Å². The van der Waals surface area contributed by atoms with E-state index in [2.05, 4.69) is 15.5 Å². The van der Waals surface area contributed by atoms with E-state index in [0.717, 1.165) is 16.5 Å². The van der Waals surface area contributed by atoms with Gasteiger partial charge in [-0.05, 0) is 17.7 Å². The molecule has 0 saturated heterocycles. The number of benzene rings is 2. The number of nitro groups is 1. The second-order valence-corrected chi connectivity index (χ2v) is 5.15. The maximum absolute atomic E-state index is 12.0. The topological polar surface area (TPSA) is 100 Å². The highest BCUT2D eigenvalue weighted by Gasteiger charge is 2.11. The lowest BCUT2D eigenvalue weighted by Crippen LogP contribution is -2.19. The van der Waals surface area contributed by atoms with E-state index < -0.39 is 4.92 Å². The van der Waals surface area contributed by atoms with E-state index in [0.29, 0.717) is 5.56 Å². The van der Waals surface area contributed by atoms with Gasteiger partial charge in [-0.1, -0.05) is 30.3 Å². The third-order valence-electron chi connectivity index (χ3n) is 3.55. The fraction of sp³-hybridized carbons (Fsp3) is 0.0588. The smallest absolute Gasteiger partial charge is 0.278 e. The lowest BCUT2D eigenvalue weighted by molar-refractivity contribution is -0.385. The van der Waals surface area contributed by atoms with Gasteiger partial charge in [0.2, 0.25) is 5.91 Å². The van der Waals surface area contributed by atoms with Crippen LogP contribution in [0.25, 0.3) is 10.9 Å². The van der Waals surface area contributed by atoms with Crippen molar-refractivity contribution in [3.63, 3.8) is 0 Å². The number of nitro benzene ring substituents is 1. The number of hydrazone groups is 1. The van der Waals surface area contributed by atoms with Crippen LogP contribution in [0, 0.1) is 10.1 Å². The minimum Gasteiger partial charge on any atom is -0.361 e. The number of carbonyl (C=O) groups is 1. The summed E-state index contributed by atoms with van der Waals surface area (Å²) in [5, 5.41) is 15.7. The Bertz CT molecular complexity index is 930. The molecule has 1 heterocycles. The van der Waals surface area contributed by atoms with Crippen LogP contribution < -0.4 is 5.43 Å². The van der Waals surface area contributed by atoms with Crippen molar-refractivity contribution in [2.75, 3.05) is 0 Å². The largest absolute Gasteiger partial charge is 0.361 e. The van der Waals surface area contributed by atoms with Gasteiger partial charge in [0.1, 0.15) is 0 Å². The first-order valence-corrected chi connectivity index (χ1v) is 7.25. The molecular formula is C17H14N4O3. The minimum atomic E-state index is -0.491. The lowest BCUT2D eigenvalue weighted by Gasteiger charge is -2.00. The van der Waals surface area contributed by atoms with Crippen molar-refractivity contribution < 1.29 is 9.72 Å². The van der Waals surface area contributed by atoms with Gasteiger partial charge in [0.15, 0.2) is 0 Å². The number of hydrogen-bond acceptors (Lipinski definition) is 4. The van der Waals surface area contributed by atoms with E-state index in [-0.39, 0.29) is 18.0 Å². The number of H-pyrrole nitrogens is 1. The van der Waals surface area contributed by atoms with E-state index in [4.69, 9.17) is 0 Å². The summed E-state index contributed by atoms with van der Waals surface area (Å²) >= 11 is 0. The summed E-state index contributed by atoms with van der Waals surface area (Å²) in [6.45, 7) is 0. The van der Waals surface area contributed by atoms with Gasteiger partial charge >= 0.3 is 0 Å². The Balaban J connectivity index is 1.67. The summed E-state index contributed by atoms with van der Waals surface area (Å²) in [4.78, 5) is 25.5. The molecule has 0 aliphatic heterocycles. The number of rotatable bonds is 5. The molecule has 0 unspecified atom stereocenters. The number of aromatic nitrogens is 1. The van der Waals surface area contributed by atoms with E-state index in [1.165, 1.54) is 12.3 Å². The summed E-state index contributed by atoms with van der Waals surface area (Å²) in [5.41, 5.74) is 4.49. The van der Waals surface area contributed by atoms with Gasteiger partial charge in [-0.25, -0.2) is 5.43 Å². The highest BCUT2D eigenvalue weighted by molar-refractivity contribution is 5.90. The van der Waals surface area contributed by atoms with Crippen molar-refractivity contribution in [1.82, 2.24) is 10.4 Å². The summed E-state index contributed by atoms with van der Waals surface area (Å²) in [6.07, 6.45) is 3.22. The van der Waals surface area contributed by atoms with Gasteiger partial charge < -0.3 is 4.98 Å². The molecule has 24 heavy (non-hydrogen) atoms. The monoisotopic (exact) mass is 322 g/mol. The van der Waals surface area contributed by atoms with E-state index in [9.17, 15) is 14.9 Å². The molecule has 2 aromatic carbocycles. The molecule has 0 radical (unpaired) electrons. The number of hydrogen-bond donors (Lipinski definition) is 2. The first kappa shape index (κ1) is 15.4. The summed E-state index contributed by atoms with van der Waals surface area (Å²) in [7, 11) is 0. The summed E-state index contributed by atoms with van der Waals surface area (Å²) < 4.78 is 0. The average Bonchev–Trinajstić information content (AvgIpc) is 2.98. The van der Waals surface area contributed by atoms with E-state index in [1.54, 1.807) is 24.4 Å². The molecule has 7 nitrogen and oxygen atoms in total. The second-order valence-electron chi connectivity index (χ2n) is 5.15. The van der Waals surface area contributed by atoms with Gasteiger partial charge in [-0.15, -0.1) is 0 Å². The molecule has 0 bridgehead atoms. The molecule has 7 heteroatoms. The molecule has 0 saturated carbocycles. The van der Waals surface area contributed by atoms with Gasteiger partial charge in [-0.3, -0.25) is 14.9 Å². The molecule has 0 spiro atoms. The Morgan fingerprint density at radius 1 is 1.21 bits per heavy atom. The average molecular weight is 322 g/mol. The van der Waals surface area contributed by atoms with Gasteiger partial charge in [0.25, 0.3) is 5.69 Å². The van der Waals surface area contributed by atoms with Crippen molar-refractivity contribution >= 4 is 28.7 Å². The zero-order chi connectivity index (χ0) is 16.9. The Morgan fingerprint density at radius 2 is 1.96 bits per heavy atom. The van der Waals surface area contributed by atoms with Crippen LogP contribution in [0.3, 0.4) is 0 Å². The predicted molar refractivity (Wildman–Crippen MR) is 90.8 cm³/mol. The van der Waals surface area contributed by atoms with Crippen molar-refractivity contribution in [2.24, 2.45) is 5.10 Å². The number of nitrogens with zero attached hydrogens (tertiary/aromatic N) is 2. The zero-order valence-corrected chi connectivity index (χ0v) is 12.6. The quantitative estimate of drug-likeness (QED) is 0.429. The molecule has 120 valence electrons. The fourth-order valence-electron chi connectivity index (χ4n) is 2.43. The number of fused-ring (bicyclic) bond motifs is 1. The molecule has 0 fully saturated rings. The first-order chi connectivity index (χ1) is 11.6. The Hall–Kier alpha value is -3.48. The molecule has 1 aromatic heterocycles. The zero-order valence-electron chi connectivity index (χ0n) is 12.6. The van der Waals surface area contributed by atoms with Crippen LogP contribution in [0.1, 0.15) is 11.1 Å². The number of amides is 1. The van der Waals surface area contributed by atoms with Gasteiger partial charge in [0, 0.05) is 23.2 Å². The summed E-state index contributed by atoms with van der Waals surface area (Å²) in [5.74, 6) is -0.297. The number of para-hydroxylation sites is 2.